The van der Waals surface area contributed by atoms with Crippen LogP contribution in [0.2, 0.25) is 0 Å². The van der Waals surface area contributed by atoms with Crippen molar-refractivity contribution in [3.05, 3.63) is 59.7 Å². The van der Waals surface area contributed by atoms with Crippen LogP contribution in [0.4, 0.5) is 4.39 Å². The number of nitrogens with one attached hydrogen (secondary N) is 2. The van der Waals surface area contributed by atoms with Gasteiger partial charge in [-0.1, -0.05) is 18.2 Å². The Balaban J connectivity index is 1.47. The molecule has 1 amide bonds. The Hall–Kier alpha value is -2.89. The van der Waals surface area contributed by atoms with Crippen molar-refractivity contribution in [2.24, 2.45) is 0 Å². The molecule has 1 heterocycles. The lowest BCUT2D eigenvalue weighted by atomic mass is 10.1. The van der Waals surface area contributed by atoms with E-state index in [-0.39, 0.29) is 24.7 Å². The average molecular weight is 327 g/mol. The van der Waals surface area contributed by atoms with Crippen LogP contribution in [-0.4, -0.2) is 29.0 Å². The molecule has 2 aromatic carbocycles. The Bertz CT molecular complexity index is 860. The van der Waals surface area contributed by atoms with Gasteiger partial charge in [-0.25, -0.2) is 9.37 Å². The molecule has 0 atom stereocenters. The van der Waals surface area contributed by atoms with E-state index in [1.165, 1.54) is 6.07 Å². The van der Waals surface area contributed by atoms with Crippen LogP contribution in [0, 0.1) is 12.7 Å². The number of carbonyl (C=O) groups is 1. The van der Waals surface area contributed by atoms with Gasteiger partial charge in [0.1, 0.15) is 12.4 Å². The molecule has 0 unspecified atom stereocenters. The predicted octanol–water partition coefficient (Wildman–Crippen LogP) is 2.75. The molecule has 0 bridgehead atoms. The third kappa shape index (κ3) is 3.90. The van der Waals surface area contributed by atoms with Crippen molar-refractivity contribution in [2.45, 2.75) is 13.3 Å². The molecule has 0 fully saturated rings. The number of H-pyrrole nitrogens is 1. The second kappa shape index (κ2) is 7.12. The van der Waals surface area contributed by atoms with Crippen molar-refractivity contribution >= 4 is 16.9 Å². The summed E-state index contributed by atoms with van der Waals surface area (Å²) in [6.07, 6.45) is 0.272. The van der Waals surface area contributed by atoms with Gasteiger partial charge in [0.25, 0.3) is 0 Å². The minimum Gasteiger partial charge on any atom is -0.489 e. The SMILES string of the molecule is Cc1nc2ccc(CC(=O)NCCOc3ccccc3F)cc2[nH]1. The van der Waals surface area contributed by atoms with E-state index in [0.29, 0.717) is 6.54 Å². The number of amides is 1. The molecule has 3 rings (SSSR count). The van der Waals surface area contributed by atoms with Crippen LogP contribution in [0.1, 0.15) is 11.4 Å². The van der Waals surface area contributed by atoms with Gasteiger partial charge >= 0.3 is 0 Å². The Morgan fingerprint density at radius 2 is 2.12 bits per heavy atom. The normalized spacial score (nSPS) is 10.8. The first-order valence-corrected chi connectivity index (χ1v) is 7.71. The average Bonchev–Trinajstić information content (AvgIpc) is 2.92. The number of halogens is 1. The summed E-state index contributed by atoms with van der Waals surface area (Å²) in [6, 6.07) is 11.9. The molecule has 124 valence electrons. The van der Waals surface area contributed by atoms with Crippen LogP contribution in [0.5, 0.6) is 5.75 Å². The molecule has 2 N–H and O–H groups in total. The van der Waals surface area contributed by atoms with Crippen LogP contribution < -0.4 is 10.1 Å². The first-order valence-electron chi connectivity index (χ1n) is 7.71. The molecule has 3 aromatic rings. The summed E-state index contributed by atoms with van der Waals surface area (Å²) in [5.74, 6) is 0.512. The lowest BCUT2D eigenvalue weighted by molar-refractivity contribution is -0.120. The van der Waals surface area contributed by atoms with Gasteiger partial charge < -0.3 is 15.0 Å². The summed E-state index contributed by atoms with van der Waals surface area (Å²) in [4.78, 5) is 19.4. The number of aryl methyl sites for hydroxylation is 1. The van der Waals surface area contributed by atoms with E-state index in [1.807, 2.05) is 25.1 Å². The molecule has 0 spiro atoms. The number of para-hydroxylation sites is 1. The Kier molecular flexibility index (Phi) is 4.74. The fraction of sp³-hybridized carbons (Fsp3) is 0.222. The lowest BCUT2D eigenvalue weighted by Crippen LogP contribution is -2.29. The third-order valence-corrected chi connectivity index (χ3v) is 3.55. The van der Waals surface area contributed by atoms with E-state index in [0.717, 1.165) is 22.4 Å². The fourth-order valence-corrected chi connectivity index (χ4v) is 2.46. The largest absolute Gasteiger partial charge is 0.489 e. The van der Waals surface area contributed by atoms with Crippen LogP contribution in [0.25, 0.3) is 11.0 Å². The second-order valence-corrected chi connectivity index (χ2v) is 5.48. The number of nitrogens with zero attached hydrogens (tertiary/aromatic N) is 1. The molecule has 0 radical (unpaired) electrons. The Morgan fingerprint density at radius 3 is 2.96 bits per heavy atom. The van der Waals surface area contributed by atoms with Gasteiger partial charge in [0, 0.05) is 0 Å². The zero-order chi connectivity index (χ0) is 16.9. The summed E-state index contributed by atoms with van der Waals surface area (Å²) >= 11 is 0. The minimum absolute atomic E-state index is 0.109. The van der Waals surface area contributed by atoms with E-state index in [2.05, 4.69) is 15.3 Å². The van der Waals surface area contributed by atoms with Crippen molar-refractivity contribution in [1.82, 2.24) is 15.3 Å². The molecular weight excluding hydrogens is 309 g/mol. The van der Waals surface area contributed by atoms with Gasteiger partial charge in [0.15, 0.2) is 11.6 Å². The van der Waals surface area contributed by atoms with Crippen molar-refractivity contribution < 1.29 is 13.9 Å². The summed E-state index contributed by atoms with van der Waals surface area (Å²) in [5.41, 5.74) is 2.70. The summed E-state index contributed by atoms with van der Waals surface area (Å²) in [6.45, 7) is 2.42. The zero-order valence-electron chi connectivity index (χ0n) is 13.3. The molecule has 5 nitrogen and oxygen atoms in total. The van der Waals surface area contributed by atoms with Gasteiger partial charge in [-0.15, -0.1) is 0 Å². The quantitative estimate of drug-likeness (QED) is 0.684. The highest BCUT2D eigenvalue weighted by Crippen LogP contribution is 2.15. The monoisotopic (exact) mass is 327 g/mol. The molecule has 0 aliphatic rings. The number of aromatic amines is 1. The molecule has 0 saturated heterocycles. The van der Waals surface area contributed by atoms with Crippen LogP contribution >= 0.6 is 0 Å². The molecule has 0 aliphatic carbocycles. The van der Waals surface area contributed by atoms with Crippen LogP contribution in [0.3, 0.4) is 0 Å². The highest BCUT2D eigenvalue weighted by Gasteiger charge is 2.06. The number of fused-ring (bicyclic) bond motifs is 1. The maximum atomic E-state index is 13.4. The number of rotatable bonds is 6. The smallest absolute Gasteiger partial charge is 0.224 e. The topological polar surface area (TPSA) is 67.0 Å². The number of imidazole rings is 1. The molecule has 24 heavy (non-hydrogen) atoms. The zero-order valence-corrected chi connectivity index (χ0v) is 13.3. The molecule has 1 aromatic heterocycles. The minimum atomic E-state index is -0.410. The van der Waals surface area contributed by atoms with E-state index in [1.54, 1.807) is 18.2 Å². The van der Waals surface area contributed by atoms with Gasteiger partial charge in [-0.3, -0.25) is 4.79 Å². The van der Waals surface area contributed by atoms with E-state index >= 15 is 0 Å². The van der Waals surface area contributed by atoms with E-state index < -0.39 is 5.82 Å². The van der Waals surface area contributed by atoms with Gasteiger partial charge in [0.05, 0.1) is 24.0 Å². The number of carbonyl (C=O) groups excluding carboxylic acids is 1. The standard InChI is InChI=1S/C18H18FN3O2/c1-12-21-15-7-6-13(10-16(15)22-12)11-18(23)20-8-9-24-17-5-3-2-4-14(17)19/h2-7,10H,8-9,11H2,1H3,(H,20,23)(H,21,22). The van der Waals surface area contributed by atoms with Gasteiger partial charge in [0.2, 0.25) is 5.91 Å². The Morgan fingerprint density at radius 1 is 1.29 bits per heavy atom. The van der Waals surface area contributed by atoms with Crippen molar-refractivity contribution in [2.75, 3.05) is 13.2 Å². The number of benzene rings is 2. The first kappa shape index (κ1) is 16.0. The lowest BCUT2D eigenvalue weighted by Gasteiger charge is -2.08. The first-order chi connectivity index (χ1) is 11.6. The number of ether oxygens (including phenoxy) is 1. The highest BCUT2D eigenvalue weighted by atomic mass is 19.1. The summed E-state index contributed by atoms with van der Waals surface area (Å²) in [5, 5.41) is 2.76. The maximum Gasteiger partial charge on any atom is 0.224 e. The van der Waals surface area contributed by atoms with Gasteiger partial charge in [-0.2, -0.15) is 0 Å². The molecule has 0 aliphatic heterocycles. The van der Waals surface area contributed by atoms with Crippen molar-refractivity contribution in [3.8, 4) is 5.75 Å². The maximum absolute atomic E-state index is 13.4. The highest BCUT2D eigenvalue weighted by molar-refractivity contribution is 5.81. The second-order valence-electron chi connectivity index (χ2n) is 5.48. The summed E-state index contributed by atoms with van der Waals surface area (Å²) in [7, 11) is 0. The fourth-order valence-electron chi connectivity index (χ4n) is 2.46. The van der Waals surface area contributed by atoms with Crippen LogP contribution in [0.15, 0.2) is 42.5 Å². The van der Waals surface area contributed by atoms with Crippen LogP contribution in [-0.2, 0) is 11.2 Å². The van der Waals surface area contributed by atoms with E-state index in [9.17, 15) is 9.18 Å². The molecule has 0 saturated carbocycles. The number of aromatic nitrogens is 2. The molecular formula is C18H18FN3O2. The molecule has 6 heteroatoms. The van der Waals surface area contributed by atoms with Crippen molar-refractivity contribution in [3.63, 3.8) is 0 Å². The number of hydrogen-bond acceptors (Lipinski definition) is 3. The Labute approximate surface area is 138 Å². The number of hydrogen-bond donors (Lipinski definition) is 2. The van der Waals surface area contributed by atoms with Crippen molar-refractivity contribution in [1.29, 1.82) is 0 Å². The third-order valence-electron chi connectivity index (χ3n) is 3.55. The van der Waals surface area contributed by atoms with Gasteiger partial charge in [-0.05, 0) is 36.8 Å². The summed E-state index contributed by atoms with van der Waals surface area (Å²) < 4.78 is 18.7. The van der Waals surface area contributed by atoms with E-state index in [4.69, 9.17) is 4.74 Å². The predicted molar refractivity (Wildman–Crippen MR) is 89.4 cm³/mol.